The highest BCUT2D eigenvalue weighted by atomic mass is 19.3. The first-order valence-electron chi connectivity index (χ1n) is 10.2. The number of aromatic nitrogens is 3. The van der Waals surface area contributed by atoms with E-state index in [4.69, 9.17) is 4.74 Å². The first-order valence-corrected chi connectivity index (χ1v) is 10.2. The van der Waals surface area contributed by atoms with Crippen LogP contribution in [-0.4, -0.2) is 51.9 Å². The van der Waals surface area contributed by atoms with Gasteiger partial charge in [-0.1, -0.05) is 12.1 Å². The molecular formula is C23H23F2N5O2. The second-order valence-corrected chi connectivity index (χ2v) is 7.36. The maximum absolute atomic E-state index is 12.8. The number of ether oxygens (including phenoxy) is 1. The molecule has 3 aromatic rings. The van der Waals surface area contributed by atoms with Crippen molar-refractivity contribution in [3.8, 4) is 11.1 Å². The molecule has 0 bridgehead atoms. The Kier molecular flexibility index (Phi) is 6.98. The van der Waals surface area contributed by atoms with Gasteiger partial charge in [-0.3, -0.25) is 14.7 Å². The van der Waals surface area contributed by atoms with E-state index in [1.165, 1.54) is 24.0 Å². The molecule has 9 heteroatoms. The van der Waals surface area contributed by atoms with E-state index in [1.54, 1.807) is 24.5 Å². The number of rotatable bonds is 7. The summed E-state index contributed by atoms with van der Waals surface area (Å²) in [4.78, 5) is 18.8. The Hall–Kier alpha value is -3.43. The third-order valence-electron chi connectivity index (χ3n) is 5.11. The van der Waals surface area contributed by atoms with Crippen LogP contribution in [-0.2, 0) is 16.1 Å². The number of hydrogen-bond donors (Lipinski definition) is 1. The molecule has 7 nitrogen and oxygen atoms in total. The molecule has 1 aromatic carbocycles. The minimum atomic E-state index is -2.71. The number of anilines is 1. The van der Waals surface area contributed by atoms with Crippen LogP contribution in [0.1, 0.15) is 17.7 Å². The summed E-state index contributed by atoms with van der Waals surface area (Å²) in [6.07, 6.45) is 8.74. The molecule has 1 saturated heterocycles. The molecule has 1 N–H and O–H groups in total. The fraction of sp³-hybridized carbons (Fsp3) is 0.261. The Morgan fingerprint density at radius 3 is 2.66 bits per heavy atom. The molecule has 2 aromatic heterocycles. The van der Waals surface area contributed by atoms with Crippen molar-refractivity contribution in [3.05, 3.63) is 72.3 Å². The fourth-order valence-corrected chi connectivity index (χ4v) is 3.45. The van der Waals surface area contributed by atoms with Gasteiger partial charge in [0, 0.05) is 61.1 Å². The normalized spacial score (nSPS) is 14.8. The van der Waals surface area contributed by atoms with E-state index >= 15 is 0 Å². The van der Waals surface area contributed by atoms with Gasteiger partial charge in [0.2, 0.25) is 5.91 Å². The number of amides is 1. The third-order valence-corrected chi connectivity index (χ3v) is 5.11. The van der Waals surface area contributed by atoms with Gasteiger partial charge in [-0.15, -0.1) is 0 Å². The Balaban J connectivity index is 1.38. The highest BCUT2D eigenvalue weighted by molar-refractivity contribution is 6.02. The maximum atomic E-state index is 12.8. The van der Waals surface area contributed by atoms with Crippen LogP contribution in [0.25, 0.3) is 17.2 Å². The Morgan fingerprint density at radius 1 is 1.16 bits per heavy atom. The van der Waals surface area contributed by atoms with Crippen LogP contribution < -0.4 is 5.32 Å². The monoisotopic (exact) mass is 439 g/mol. The van der Waals surface area contributed by atoms with E-state index < -0.39 is 6.55 Å². The van der Waals surface area contributed by atoms with Crippen molar-refractivity contribution < 1.29 is 18.3 Å². The predicted octanol–water partition coefficient (Wildman–Crippen LogP) is 3.82. The zero-order valence-electron chi connectivity index (χ0n) is 17.3. The number of morpholine rings is 1. The molecular weight excluding hydrogens is 416 g/mol. The lowest BCUT2D eigenvalue weighted by molar-refractivity contribution is -0.111. The van der Waals surface area contributed by atoms with Crippen molar-refractivity contribution in [3.63, 3.8) is 0 Å². The number of pyridine rings is 1. The lowest BCUT2D eigenvalue weighted by Gasteiger charge is -2.26. The van der Waals surface area contributed by atoms with Crippen molar-refractivity contribution in [1.29, 1.82) is 0 Å². The van der Waals surface area contributed by atoms with E-state index in [2.05, 4.69) is 20.3 Å². The van der Waals surface area contributed by atoms with Gasteiger partial charge >= 0.3 is 6.55 Å². The lowest BCUT2D eigenvalue weighted by Crippen LogP contribution is -2.35. The number of nitrogens with zero attached hydrogens (tertiary/aromatic N) is 4. The first-order chi connectivity index (χ1) is 15.6. The zero-order chi connectivity index (χ0) is 22.3. The summed E-state index contributed by atoms with van der Waals surface area (Å²) in [5, 5.41) is 6.49. The van der Waals surface area contributed by atoms with Crippen molar-refractivity contribution in [2.45, 2.75) is 13.1 Å². The van der Waals surface area contributed by atoms with Crippen LogP contribution in [0.3, 0.4) is 0 Å². The molecule has 32 heavy (non-hydrogen) atoms. The second kappa shape index (κ2) is 10.3. The average Bonchev–Trinajstić information content (AvgIpc) is 3.31. The standard InChI is InChI=1S/C23H23F2N5O2/c24-23(25)30-16-19(14-27-30)21-7-8-26-13-18(21)3-6-22(31)28-20-4-1-17(2-5-20)15-29-9-11-32-12-10-29/h1-8,13-14,16,23H,9-12,15H2,(H,28,31)/b6-3+. The van der Waals surface area contributed by atoms with Crippen LogP contribution in [0.2, 0.25) is 0 Å². The van der Waals surface area contributed by atoms with Gasteiger partial charge < -0.3 is 10.1 Å². The highest BCUT2D eigenvalue weighted by Gasteiger charge is 2.12. The molecule has 1 amide bonds. The van der Waals surface area contributed by atoms with Crippen LogP contribution >= 0.6 is 0 Å². The summed E-state index contributed by atoms with van der Waals surface area (Å²) in [5.41, 5.74) is 3.66. The minimum Gasteiger partial charge on any atom is -0.379 e. The number of hydrogen-bond acceptors (Lipinski definition) is 5. The summed E-state index contributed by atoms with van der Waals surface area (Å²) in [7, 11) is 0. The van der Waals surface area contributed by atoms with Crippen LogP contribution in [0.5, 0.6) is 0 Å². The molecule has 0 aliphatic carbocycles. The zero-order valence-corrected chi connectivity index (χ0v) is 17.3. The smallest absolute Gasteiger partial charge is 0.333 e. The molecule has 0 atom stereocenters. The molecule has 0 unspecified atom stereocenters. The predicted molar refractivity (Wildman–Crippen MR) is 117 cm³/mol. The van der Waals surface area contributed by atoms with Crippen LogP contribution in [0.15, 0.2) is 61.2 Å². The number of carbonyl (C=O) groups excluding carboxylic acids is 1. The van der Waals surface area contributed by atoms with E-state index in [1.807, 2.05) is 24.3 Å². The minimum absolute atomic E-state index is 0.302. The number of benzene rings is 1. The fourth-order valence-electron chi connectivity index (χ4n) is 3.45. The molecule has 166 valence electrons. The summed E-state index contributed by atoms with van der Waals surface area (Å²) in [5.74, 6) is -0.302. The summed E-state index contributed by atoms with van der Waals surface area (Å²) in [6, 6.07) is 9.42. The summed E-state index contributed by atoms with van der Waals surface area (Å²) >= 11 is 0. The van der Waals surface area contributed by atoms with Crippen molar-refractivity contribution in [1.82, 2.24) is 19.7 Å². The molecule has 0 saturated carbocycles. The van der Waals surface area contributed by atoms with E-state index in [0.29, 0.717) is 27.1 Å². The van der Waals surface area contributed by atoms with Crippen molar-refractivity contribution in [2.24, 2.45) is 0 Å². The Bertz CT molecular complexity index is 1080. The van der Waals surface area contributed by atoms with E-state index in [0.717, 1.165) is 32.8 Å². The van der Waals surface area contributed by atoms with E-state index in [9.17, 15) is 13.6 Å². The highest BCUT2D eigenvalue weighted by Crippen LogP contribution is 2.25. The first kappa shape index (κ1) is 21.8. The lowest BCUT2D eigenvalue weighted by atomic mass is 10.0. The molecule has 1 aliphatic rings. The van der Waals surface area contributed by atoms with Gasteiger partial charge in [-0.2, -0.15) is 13.9 Å². The van der Waals surface area contributed by atoms with Gasteiger partial charge in [-0.25, -0.2) is 4.68 Å². The van der Waals surface area contributed by atoms with Crippen LogP contribution in [0, 0.1) is 0 Å². The molecule has 0 radical (unpaired) electrons. The summed E-state index contributed by atoms with van der Waals surface area (Å²) < 4.78 is 31.6. The topological polar surface area (TPSA) is 72.3 Å². The number of alkyl halides is 2. The van der Waals surface area contributed by atoms with Gasteiger partial charge in [0.05, 0.1) is 19.4 Å². The van der Waals surface area contributed by atoms with Gasteiger partial charge in [0.1, 0.15) is 0 Å². The molecule has 4 rings (SSSR count). The number of halogens is 2. The van der Waals surface area contributed by atoms with Crippen molar-refractivity contribution in [2.75, 3.05) is 31.6 Å². The molecule has 3 heterocycles. The summed E-state index contributed by atoms with van der Waals surface area (Å²) in [6.45, 7) is 1.49. The van der Waals surface area contributed by atoms with Gasteiger partial charge in [0.15, 0.2) is 0 Å². The number of carbonyl (C=O) groups is 1. The third kappa shape index (κ3) is 5.63. The van der Waals surface area contributed by atoms with E-state index in [-0.39, 0.29) is 5.91 Å². The van der Waals surface area contributed by atoms with Gasteiger partial charge in [0.25, 0.3) is 0 Å². The quantitative estimate of drug-likeness (QED) is 0.567. The molecule has 1 aliphatic heterocycles. The van der Waals surface area contributed by atoms with Crippen molar-refractivity contribution >= 4 is 17.7 Å². The molecule has 0 spiro atoms. The maximum Gasteiger partial charge on any atom is 0.333 e. The van der Waals surface area contributed by atoms with Crippen LogP contribution in [0.4, 0.5) is 14.5 Å². The largest absolute Gasteiger partial charge is 0.379 e. The Labute approximate surface area is 184 Å². The van der Waals surface area contributed by atoms with Gasteiger partial charge in [-0.05, 0) is 35.4 Å². The second-order valence-electron chi connectivity index (χ2n) is 7.36. The molecule has 1 fully saturated rings. The SMILES string of the molecule is O=C(/C=C/c1cnccc1-c1cnn(C(F)F)c1)Nc1ccc(CN2CCOCC2)cc1. The number of nitrogens with one attached hydrogen (secondary N) is 1. The average molecular weight is 439 g/mol. The Morgan fingerprint density at radius 2 is 1.94 bits per heavy atom.